The van der Waals surface area contributed by atoms with E-state index in [1.807, 2.05) is 10.6 Å². The molecule has 0 bridgehead atoms. The molecule has 0 amide bonds. The number of halogens is 1. The molecule has 0 aromatic carbocycles. The van der Waals surface area contributed by atoms with E-state index in [9.17, 15) is 0 Å². The highest BCUT2D eigenvalue weighted by Gasteiger charge is 2.05. The van der Waals surface area contributed by atoms with Gasteiger partial charge in [-0.25, -0.2) is 4.98 Å². The first-order valence-electron chi connectivity index (χ1n) is 5.48. The lowest BCUT2D eigenvalue weighted by Gasteiger charge is -2.06. The number of fused-ring (bicyclic) bond motifs is 1. The van der Waals surface area contributed by atoms with Crippen LogP contribution >= 0.6 is 23.1 Å². The third kappa shape index (κ3) is 2.65. The van der Waals surface area contributed by atoms with E-state index in [0.29, 0.717) is 5.38 Å². The van der Waals surface area contributed by atoms with Crippen LogP contribution in [0.15, 0.2) is 12.4 Å². The summed E-state index contributed by atoms with van der Waals surface area (Å²) >= 11 is 7.45. The topological polar surface area (TPSA) is 42.2 Å². The van der Waals surface area contributed by atoms with Crippen molar-refractivity contribution in [2.24, 2.45) is 0 Å². The monoisotopic (exact) mass is 258 g/mol. The van der Waals surface area contributed by atoms with E-state index >= 15 is 0 Å². The van der Waals surface area contributed by atoms with Gasteiger partial charge < -0.3 is 5.32 Å². The lowest BCUT2D eigenvalue weighted by molar-refractivity contribution is 0.691. The second kappa shape index (κ2) is 5.50. The number of nitrogens with zero attached hydrogens (tertiary/aromatic N) is 3. The predicted molar refractivity (Wildman–Crippen MR) is 68.5 cm³/mol. The summed E-state index contributed by atoms with van der Waals surface area (Å²) in [5.74, 6) is 0.875. The van der Waals surface area contributed by atoms with Gasteiger partial charge >= 0.3 is 0 Å². The van der Waals surface area contributed by atoms with Gasteiger partial charge in [0.15, 0.2) is 0 Å². The second-order valence-corrected chi connectivity index (χ2v) is 5.01. The van der Waals surface area contributed by atoms with Crippen molar-refractivity contribution in [2.45, 2.75) is 31.6 Å². The fraction of sp³-hybridized carbons (Fsp3) is 0.600. The Kier molecular flexibility index (Phi) is 4.01. The summed E-state index contributed by atoms with van der Waals surface area (Å²) in [4.78, 5) is 5.09. The molecule has 1 atom stereocenters. The zero-order chi connectivity index (χ0) is 11.4. The highest BCUT2D eigenvalue weighted by atomic mass is 35.5. The van der Waals surface area contributed by atoms with Crippen molar-refractivity contribution in [3.63, 3.8) is 0 Å². The molecule has 0 radical (unpaired) electrons. The first-order chi connectivity index (χ1) is 7.81. The van der Waals surface area contributed by atoms with Gasteiger partial charge in [-0.15, -0.1) is 11.6 Å². The van der Waals surface area contributed by atoms with E-state index in [1.54, 1.807) is 6.20 Å². The maximum Gasteiger partial charge on any atom is 0.220 e. The molecule has 2 aromatic heterocycles. The Hall–Kier alpha value is -0.810. The first kappa shape index (κ1) is 11.7. The molecule has 2 heterocycles. The molecule has 1 N–H and O–H groups in total. The molecule has 88 valence electrons. The number of anilines is 1. The highest BCUT2D eigenvalue weighted by Crippen LogP contribution is 2.14. The van der Waals surface area contributed by atoms with E-state index in [-0.39, 0.29) is 0 Å². The van der Waals surface area contributed by atoms with Gasteiger partial charge in [0.25, 0.3) is 0 Å². The maximum absolute atomic E-state index is 6.05. The van der Waals surface area contributed by atoms with Gasteiger partial charge in [-0.2, -0.15) is 4.37 Å². The Morgan fingerprint density at radius 1 is 1.62 bits per heavy atom. The zero-order valence-corrected chi connectivity index (χ0v) is 10.8. The molecule has 0 saturated carbocycles. The summed E-state index contributed by atoms with van der Waals surface area (Å²) in [5.41, 5.74) is 0. The normalized spacial score (nSPS) is 13.1. The summed E-state index contributed by atoms with van der Waals surface area (Å²) in [6.07, 6.45) is 6.84. The minimum Gasteiger partial charge on any atom is -0.355 e. The first-order valence-corrected chi connectivity index (χ1v) is 6.69. The molecule has 0 fully saturated rings. The molecule has 2 rings (SSSR count). The third-order valence-corrected chi connectivity index (χ3v) is 3.73. The SMILES string of the molecule is CCC(Cl)CCCNc1nsc2nccn12. The Balaban J connectivity index is 1.80. The minimum atomic E-state index is 0.297. The molecule has 4 nitrogen and oxygen atoms in total. The smallest absolute Gasteiger partial charge is 0.220 e. The molecule has 6 heteroatoms. The van der Waals surface area contributed by atoms with Crippen molar-refractivity contribution in [3.8, 4) is 0 Å². The van der Waals surface area contributed by atoms with Gasteiger partial charge in [0.2, 0.25) is 10.9 Å². The Morgan fingerprint density at radius 3 is 3.31 bits per heavy atom. The molecule has 0 aliphatic carbocycles. The van der Waals surface area contributed by atoms with Crippen LogP contribution in [0.1, 0.15) is 26.2 Å². The van der Waals surface area contributed by atoms with Crippen LogP contribution in [0, 0.1) is 0 Å². The molecule has 0 aliphatic heterocycles. The molecule has 0 spiro atoms. The van der Waals surface area contributed by atoms with Crippen LogP contribution in [0.25, 0.3) is 4.96 Å². The fourth-order valence-corrected chi connectivity index (χ4v) is 2.31. The number of hydrogen-bond acceptors (Lipinski definition) is 4. The van der Waals surface area contributed by atoms with Crippen LogP contribution in [0.2, 0.25) is 0 Å². The molecule has 0 aliphatic rings. The van der Waals surface area contributed by atoms with Gasteiger partial charge in [-0.05, 0) is 19.3 Å². The second-order valence-electron chi connectivity index (χ2n) is 3.66. The van der Waals surface area contributed by atoms with Crippen LogP contribution in [0.3, 0.4) is 0 Å². The summed E-state index contributed by atoms with van der Waals surface area (Å²) in [6, 6.07) is 0. The average Bonchev–Trinajstić information content (AvgIpc) is 2.87. The van der Waals surface area contributed by atoms with Crippen molar-refractivity contribution >= 4 is 34.0 Å². The Morgan fingerprint density at radius 2 is 2.50 bits per heavy atom. The third-order valence-electron chi connectivity index (χ3n) is 2.47. The van der Waals surface area contributed by atoms with E-state index in [0.717, 1.165) is 36.7 Å². The molecular weight excluding hydrogens is 244 g/mol. The molecule has 16 heavy (non-hydrogen) atoms. The van der Waals surface area contributed by atoms with Crippen LogP contribution in [0.4, 0.5) is 5.95 Å². The largest absolute Gasteiger partial charge is 0.355 e. The number of hydrogen-bond donors (Lipinski definition) is 1. The summed E-state index contributed by atoms with van der Waals surface area (Å²) in [5, 5.41) is 3.59. The Labute approximate surface area is 104 Å². The van der Waals surface area contributed by atoms with Crippen molar-refractivity contribution in [2.75, 3.05) is 11.9 Å². The minimum absolute atomic E-state index is 0.297. The van der Waals surface area contributed by atoms with E-state index in [1.165, 1.54) is 11.5 Å². The van der Waals surface area contributed by atoms with Crippen molar-refractivity contribution in [1.29, 1.82) is 0 Å². The van der Waals surface area contributed by atoms with Gasteiger partial charge in [0, 0.05) is 35.8 Å². The van der Waals surface area contributed by atoms with Crippen molar-refractivity contribution < 1.29 is 0 Å². The fourth-order valence-electron chi connectivity index (χ4n) is 1.49. The summed E-state index contributed by atoms with van der Waals surface area (Å²) in [7, 11) is 0. The number of rotatable bonds is 6. The standard InChI is InChI=1S/C10H15ClN4S/c1-2-8(11)4-3-5-12-9-14-16-10-13-6-7-15(9)10/h6-8H,2-5H2,1H3,(H,12,14). The van der Waals surface area contributed by atoms with Crippen LogP contribution < -0.4 is 5.32 Å². The Bertz CT molecular complexity index is 439. The number of aromatic nitrogens is 3. The molecule has 2 aromatic rings. The van der Waals surface area contributed by atoms with E-state index in [2.05, 4.69) is 21.6 Å². The van der Waals surface area contributed by atoms with Crippen molar-refractivity contribution in [1.82, 2.24) is 13.8 Å². The van der Waals surface area contributed by atoms with Gasteiger partial charge in [0.1, 0.15) is 0 Å². The van der Waals surface area contributed by atoms with Crippen LogP contribution in [0.5, 0.6) is 0 Å². The number of nitrogens with one attached hydrogen (secondary N) is 1. The van der Waals surface area contributed by atoms with E-state index < -0.39 is 0 Å². The van der Waals surface area contributed by atoms with Gasteiger partial charge in [-0.3, -0.25) is 4.40 Å². The molecule has 0 saturated heterocycles. The van der Waals surface area contributed by atoms with Crippen molar-refractivity contribution in [3.05, 3.63) is 12.4 Å². The highest BCUT2D eigenvalue weighted by molar-refractivity contribution is 7.11. The van der Waals surface area contributed by atoms with Gasteiger partial charge in [-0.1, -0.05) is 6.92 Å². The van der Waals surface area contributed by atoms with E-state index in [4.69, 9.17) is 11.6 Å². The summed E-state index contributed by atoms with van der Waals surface area (Å²) < 4.78 is 6.25. The predicted octanol–water partition coefficient (Wildman–Crippen LogP) is 3.00. The average molecular weight is 259 g/mol. The molecule has 1 unspecified atom stereocenters. The van der Waals surface area contributed by atoms with Gasteiger partial charge in [0.05, 0.1) is 0 Å². The molecular formula is C10H15ClN4S. The lowest BCUT2D eigenvalue weighted by atomic mass is 10.2. The number of imidazole rings is 1. The quantitative estimate of drug-likeness (QED) is 0.640. The maximum atomic E-state index is 6.05. The van der Waals surface area contributed by atoms with Crippen LogP contribution in [-0.2, 0) is 0 Å². The zero-order valence-electron chi connectivity index (χ0n) is 9.19. The summed E-state index contributed by atoms with van der Waals surface area (Å²) in [6.45, 7) is 3.01. The lowest BCUT2D eigenvalue weighted by Crippen LogP contribution is -2.07. The number of alkyl halides is 1. The van der Waals surface area contributed by atoms with Crippen LogP contribution in [-0.4, -0.2) is 25.7 Å².